The highest BCUT2D eigenvalue weighted by molar-refractivity contribution is 6.30. The van der Waals surface area contributed by atoms with E-state index in [1.54, 1.807) is 38.6 Å². The maximum atomic E-state index is 6.06. The third-order valence-corrected chi connectivity index (χ3v) is 3.21. The number of rotatable bonds is 5. The number of benzene rings is 1. The van der Waals surface area contributed by atoms with Crippen molar-refractivity contribution in [2.24, 2.45) is 5.84 Å². The first kappa shape index (κ1) is 14.6. The van der Waals surface area contributed by atoms with Gasteiger partial charge in [-0.2, -0.15) is 0 Å². The Morgan fingerprint density at radius 2 is 2.00 bits per heavy atom. The molecule has 2 rings (SSSR count). The molecule has 1 aromatic carbocycles. The molecular formula is C14H16ClN3O2. The number of nitrogens with zero attached hydrogens (tertiary/aromatic N) is 1. The summed E-state index contributed by atoms with van der Waals surface area (Å²) in [5.41, 5.74) is 4.37. The number of nitrogens with one attached hydrogen (secondary N) is 1. The molecule has 1 atom stereocenters. The van der Waals surface area contributed by atoms with E-state index < -0.39 is 0 Å². The number of aromatic nitrogens is 1. The van der Waals surface area contributed by atoms with Crippen molar-refractivity contribution in [2.75, 3.05) is 14.2 Å². The van der Waals surface area contributed by atoms with Crippen LogP contribution in [-0.4, -0.2) is 19.2 Å². The molecule has 20 heavy (non-hydrogen) atoms. The zero-order valence-corrected chi connectivity index (χ0v) is 12.0. The van der Waals surface area contributed by atoms with E-state index >= 15 is 0 Å². The van der Waals surface area contributed by atoms with Gasteiger partial charge >= 0.3 is 0 Å². The summed E-state index contributed by atoms with van der Waals surface area (Å²) in [7, 11) is 3.16. The van der Waals surface area contributed by atoms with Crippen LogP contribution in [0.2, 0.25) is 5.02 Å². The van der Waals surface area contributed by atoms with Crippen LogP contribution in [0, 0.1) is 0 Å². The standard InChI is InChI=1S/C14H16ClN3O2/c1-19-12-6-5-9(15)8-11(12)13(18-16)10-4-3-7-17-14(10)20-2/h3-8,13,18H,16H2,1-2H3. The van der Waals surface area contributed by atoms with Crippen LogP contribution in [0.15, 0.2) is 36.5 Å². The highest BCUT2D eigenvalue weighted by atomic mass is 35.5. The van der Waals surface area contributed by atoms with Crippen LogP contribution in [0.25, 0.3) is 0 Å². The minimum Gasteiger partial charge on any atom is -0.496 e. The number of hydrogen-bond acceptors (Lipinski definition) is 5. The average Bonchev–Trinajstić information content (AvgIpc) is 2.49. The summed E-state index contributed by atoms with van der Waals surface area (Å²) in [5.74, 6) is 6.88. The molecule has 2 aromatic rings. The quantitative estimate of drug-likeness (QED) is 0.654. The van der Waals surface area contributed by atoms with Crippen LogP contribution in [0.3, 0.4) is 0 Å². The first-order chi connectivity index (χ1) is 9.71. The molecule has 0 aliphatic carbocycles. The van der Waals surface area contributed by atoms with E-state index in [9.17, 15) is 0 Å². The summed E-state index contributed by atoms with van der Waals surface area (Å²) < 4.78 is 10.6. The zero-order chi connectivity index (χ0) is 14.5. The maximum Gasteiger partial charge on any atom is 0.218 e. The Balaban J connectivity index is 2.55. The van der Waals surface area contributed by atoms with E-state index in [4.69, 9.17) is 26.9 Å². The van der Waals surface area contributed by atoms with Gasteiger partial charge in [-0.05, 0) is 24.3 Å². The second kappa shape index (κ2) is 6.56. The first-order valence-electron chi connectivity index (χ1n) is 5.99. The summed E-state index contributed by atoms with van der Waals surface area (Å²) in [6, 6.07) is 8.73. The number of hydrazine groups is 1. The van der Waals surface area contributed by atoms with Gasteiger partial charge in [0.1, 0.15) is 5.75 Å². The number of methoxy groups -OCH3 is 2. The lowest BCUT2D eigenvalue weighted by atomic mass is 9.99. The fourth-order valence-electron chi connectivity index (χ4n) is 2.07. The zero-order valence-electron chi connectivity index (χ0n) is 11.3. The van der Waals surface area contributed by atoms with Gasteiger partial charge in [0, 0.05) is 22.3 Å². The Bertz CT molecular complexity index is 592. The molecule has 1 heterocycles. The van der Waals surface area contributed by atoms with Gasteiger partial charge < -0.3 is 9.47 Å². The molecule has 0 saturated heterocycles. The smallest absolute Gasteiger partial charge is 0.218 e. The molecule has 6 heteroatoms. The maximum absolute atomic E-state index is 6.06. The Kier molecular flexibility index (Phi) is 4.79. The number of halogens is 1. The lowest BCUT2D eigenvalue weighted by molar-refractivity contribution is 0.382. The molecule has 106 valence electrons. The van der Waals surface area contributed by atoms with Crippen molar-refractivity contribution in [3.05, 3.63) is 52.7 Å². The van der Waals surface area contributed by atoms with Gasteiger partial charge in [0.25, 0.3) is 0 Å². The monoisotopic (exact) mass is 293 g/mol. The molecule has 0 aliphatic rings. The van der Waals surface area contributed by atoms with Crippen molar-refractivity contribution in [3.8, 4) is 11.6 Å². The SMILES string of the molecule is COc1ccc(Cl)cc1C(NN)c1cccnc1OC. The van der Waals surface area contributed by atoms with Crippen molar-refractivity contribution < 1.29 is 9.47 Å². The third kappa shape index (κ3) is 2.85. The third-order valence-electron chi connectivity index (χ3n) is 2.97. The van der Waals surface area contributed by atoms with Gasteiger partial charge in [-0.15, -0.1) is 0 Å². The second-order valence-corrected chi connectivity index (χ2v) is 4.52. The van der Waals surface area contributed by atoms with E-state index in [2.05, 4.69) is 10.4 Å². The van der Waals surface area contributed by atoms with Crippen LogP contribution in [0.1, 0.15) is 17.2 Å². The van der Waals surface area contributed by atoms with Crippen molar-refractivity contribution in [3.63, 3.8) is 0 Å². The van der Waals surface area contributed by atoms with E-state index in [0.29, 0.717) is 16.7 Å². The number of hydrogen-bond donors (Lipinski definition) is 2. The van der Waals surface area contributed by atoms with Gasteiger partial charge in [-0.25, -0.2) is 10.4 Å². The minimum atomic E-state index is -0.340. The predicted molar refractivity (Wildman–Crippen MR) is 78.0 cm³/mol. The number of pyridine rings is 1. The van der Waals surface area contributed by atoms with Gasteiger partial charge in [0.2, 0.25) is 5.88 Å². The Labute approximate surface area is 122 Å². The summed E-state index contributed by atoms with van der Waals surface area (Å²) >= 11 is 6.06. The van der Waals surface area contributed by atoms with E-state index in [1.807, 2.05) is 12.1 Å². The molecule has 0 bridgehead atoms. The molecule has 1 aromatic heterocycles. The number of nitrogens with two attached hydrogens (primary N) is 1. The van der Waals surface area contributed by atoms with Crippen LogP contribution in [0.4, 0.5) is 0 Å². The summed E-state index contributed by atoms with van der Waals surface area (Å²) in [6.07, 6.45) is 1.66. The van der Waals surface area contributed by atoms with Gasteiger partial charge in [0.05, 0.1) is 20.3 Å². The molecule has 0 fully saturated rings. The van der Waals surface area contributed by atoms with Crippen LogP contribution >= 0.6 is 11.6 Å². The van der Waals surface area contributed by atoms with Crippen molar-refractivity contribution in [1.29, 1.82) is 0 Å². The van der Waals surface area contributed by atoms with Crippen LogP contribution < -0.4 is 20.7 Å². The Hall–Kier alpha value is -1.82. The second-order valence-electron chi connectivity index (χ2n) is 4.09. The minimum absolute atomic E-state index is 0.340. The topological polar surface area (TPSA) is 69.4 Å². The average molecular weight is 294 g/mol. The largest absolute Gasteiger partial charge is 0.496 e. The van der Waals surface area contributed by atoms with Crippen molar-refractivity contribution in [1.82, 2.24) is 10.4 Å². The lowest BCUT2D eigenvalue weighted by Gasteiger charge is -2.21. The van der Waals surface area contributed by atoms with Crippen molar-refractivity contribution in [2.45, 2.75) is 6.04 Å². The van der Waals surface area contributed by atoms with E-state index in [0.717, 1.165) is 11.1 Å². The fourth-order valence-corrected chi connectivity index (χ4v) is 2.25. The molecule has 0 saturated carbocycles. The molecule has 0 aliphatic heterocycles. The molecule has 5 nitrogen and oxygen atoms in total. The van der Waals surface area contributed by atoms with Crippen molar-refractivity contribution >= 4 is 11.6 Å². The fraction of sp³-hybridized carbons (Fsp3) is 0.214. The summed E-state index contributed by atoms with van der Waals surface area (Å²) in [6.45, 7) is 0. The highest BCUT2D eigenvalue weighted by Gasteiger charge is 2.21. The molecular weight excluding hydrogens is 278 g/mol. The van der Waals surface area contributed by atoms with Gasteiger partial charge in [-0.1, -0.05) is 17.7 Å². The molecule has 1 unspecified atom stereocenters. The highest BCUT2D eigenvalue weighted by Crippen LogP contribution is 2.34. The van der Waals surface area contributed by atoms with E-state index in [1.165, 1.54) is 0 Å². The molecule has 0 spiro atoms. The van der Waals surface area contributed by atoms with E-state index in [-0.39, 0.29) is 6.04 Å². The number of ether oxygens (including phenoxy) is 2. The molecule has 0 amide bonds. The Morgan fingerprint density at radius 3 is 2.65 bits per heavy atom. The van der Waals surface area contributed by atoms with Crippen LogP contribution in [-0.2, 0) is 0 Å². The normalized spacial score (nSPS) is 12.0. The summed E-state index contributed by atoms with van der Waals surface area (Å²) in [4.78, 5) is 4.18. The Morgan fingerprint density at radius 1 is 1.20 bits per heavy atom. The van der Waals surface area contributed by atoms with Gasteiger partial charge in [0.15, 0.2) is 0 Å². The summed E-state index contributed by atoms with van der Waals surface area (Å²) in [5, 5.41) is 0.601. The first-order valence-corrected chi connectivity index (χ1v) is 6.37. The van der Waals surface area contributed by atoms with Gasteiger partial charge in [-0.3, -0.25) is 5.84 Å². The lowest BCUT2D eigenvalue weighted by Crippen LogP contribution is -2.29. The molecule has 0 radical (unpaired) electrons. The van der Waals surface area contributed by atoms with Crippen LogP contribution in [0.5, 0.6) is 11.6 Å². The molecule has 3 N–H and O–H groups in total. The predicted octanol–water partition coefficient (Wildman–Crippen LogP) is 2.30.